The molecule has 2 rings (SSSR count). The van der Waals surface area contributed by atoms with Crippen molar-refractivity contribution in [1.29, 1.82) is 0 Å². The molecular formula is C10H10Cl2N4O2. The van der Waals surface area contributed by atoms with E-state index in [-0.39, 0.29) is 11.0 Å². The summed E-state index contributed by atoms with van der Waals surface area (Å²) in [5.74, 6) is 0. The van der Waals surface area contributed by atoms with E-state index in [4.69, 9.17) is 23.2 Å². The van der Waals surface area contributed by atoms with Crippen LogP contribution in [0.4, 0.5) is 0 Å². The lowest BCUT2D eigenvalue weighted by molar-refractivity contribution is 0.665. The highest BCUT2D eigenvalue weighted by molar-refractivity contribution is 6.55. The summed E-state index contributed by atoms with van der Waals surface area (Å²) < 4.78 is 3.94. The highest BCUT2D eigenvalue weighted by atomic mass is 35.5. The molecule has 2 heterocycles. The maximum absolute atomic E-state index is 12.2. The second-order valence-corrected chi connectivity index (χ2v) is 4.79. The van der Waals surface area contributed by atoms with Crippen LogP contribution in [0.3, 0.4) is 0 Å². The third kappa shape index (κ3) is 1.97. The lowest BCUT2D eigenvalue weighted by Crippen LogP contribution is -2.39. The van der Waals surface area contributed by atoms with E-state index in [1.54, 1.807) is 18.7 Å². The second kappa shape index (κ2) is 4.62. The van der Waals surface area contributed by atoms with Gasteiger partial charge < -0.3 is 4.57 Å². The van der Waals surface area contributed by atoms with Crippen LogP contribution in [0.1, 0.15) is 0 Å². The fourth-order valence-electron chi connectivity index (χ4n) is 1.72. The molecule has 2 aromatic heterocycles. The monoisotopic (exact) mass is 288 g/mol. The molecule has 2 aromatic rings. The van der Waals surface area contributed by atoms with Crippen molar-refractivity contribution in [3.63, 3.8) is 0 Å². The number of nitrogens with zero attached hydrogens (tertiary/aromatic N) is 4. The molecule has 0 radical (unpaired) electrons. The quantitative estimate of drug-likeness (QED) is 0.819. The molecule has 0 N–H and O–H groups in total. The molecule has 6 nitrogen and oxygen atoms in total. The Labute approximate surface area is 112 Å². The number of rotatable bonds is 2. The van der Waals surface area contributed by atoms with Crippen LogP contribution < -0.4 is 11.2 Å². The van der Waals surface area contributed by atoms with Crippen molar-refractivity contribution in [2.24, 2.45) is 14.1 Å². The number of hydrogen-bond acceptors (Lipinski definition) is 3. The molecule has 0 atom stereocenters. The molecule has 18 heavy (non-hydrogen) atoms. The fraction of sp³-hybridized carbons (Fsp3) is 0.300. The Balaban J connectivity index is 2.82. The van der Waals surface area contributed by atoms with Crippen molar-refractivity contribution >= 4 is 34.4 Å². The van der Waals surface area contributed by atoms with Crippen molar-refractivity contribution in [3.05, 3.63) is 37.7 Å². The second-order valence-electron chi connectivity index (χ2n) is 3.78. The van der Waals surface area contributed by atoms with Gasteiger partial charge in [0.1, 0.15) is 4.49 Å². The normalized spacial score (nSPS) is 10.9. The van der Waals surface area contributed by atoms with Gasteiger partial charge in [0.25, 0.3) is 5.56 Å². The van der Waals surface area contributed by atoms with Crippen molar-refractivity contribution in [3.8, 4) is 0 Å². The summed E-state index contributed by atoms with van der Waals surface area (Å²) in [5.41, 5.74) is -0.170. The van der Waals surface area contributed by atoms with Gasteiger partial charge in [0.15, 0.2) is 11.2 Å². The molecule has 0 fully saturated rings. The molecule has 0 amide bonds. The first kappa shape index (κ1) is 12.9. The Morgan fingerprint density at radius 2 is 2.06 bits per heavy atom. The average molecular weight is 289 g/mol. The molecular weight excluding hydrogens is 279 g/mol. The van der Waals surface area contributed by atoms with Gasteiger partial charge in [-0.3, -0.25) is 13.9 Å². The zero-order chi connectivity index (χ0) is 13.4. The highest BCUT2D eigenvalue weighted by Crippen LogP contribution is 2.06. The Hall–Kier alpha value is -1.53. The summed E-state index contributed by atoms with van der Waals surface area (Å²) in [4.78, 5) is 28.2. The highest BCUT2D eigenvalue weighted by Gasteiger charge is 2.13. The van der Waals surface area contributed by atoms with Gasteiger partial charge in [-0.1, -0.05) is 23.2 Å². The van der Waals surface area contributed by atoms with E-state index < -0.39 is 11.2 Å². The first-order valence-corrected chi connectivity index (χ1v) is 5.81. The lowest BCUT2D eigenvalue weighted by atomic mass is 10.5. The smallest absolute Gasteiger partial charge is 0.328 e. The van der Waals surface area contributed by atoms with Crippen molar-refractivity contribution in [2.75, 3.05) is 0 Å². The van der Waals surface area contributed by atoms with Crippen molar-refractivity contribution < 1.29 is 0 Å². The van der Waals surface area contributed by atoms with Crippen LogP contribution in [0.25, 0.3) is 11.2 Å². The molecule has 96 valence electrons. The summed E-state index contributed by atoms with van der Waals surface area (Å²) in [6.45, 7) is 0.0228. The SMILES string of the molecule is Cn1cnc2c1c(=O)n(CC=C(Cl)Cl)c(=O)n2C. The molecule has 0 saturated heterocycles. The molecule has 0 aliphatic carbocycles. The Morgan fingerprint density at radius 1 is 1.39 bits per heavy atom. The van der Waals surface area contributed by atoms with Crippen LogP contribution in [0, 0.1) is 0 Å². The Bertz CT molecular complexity index is 750. The maximum Gasteiger partial charge on any atom is 0.332 e. The largest absolute Gasteiger partial charge is 0.332 e. The van der Waals surface area contributed by atoms with Crippen molar-refractivity contribution in [2.45, 2.75) is 6.54 Å². The first-order chi connectivity index (χ1) is 8.43. The topological polar surface area (TPSA) is 61.8 Å². The number of imidazole rings is 1. The van der Waals surface area contributed by atoms with Gasteiger partial charge in [0.05, 0.1) is 12.9 Å². The minimum Gasteiger partial charge on any atom is -0.328 e. The number of halogens is 2. The average Bonchev–Trinajstić information content (AvgIpc) is 2.68. The lowest BCUT2D eigenvalue weighted by Gasteiger charge is -2.06. The van der Waals surface area contributed by atoms with Crippen LogP contribution in [0.5, 0.6) is 0 Å². The van der Waals surface area contributed by atoms with Crippen LogP contribution in [-0.2, 0) is 20.6 Å². The summed E-state index contributed by atoms with van der Waals surface area (Å²) in [7, 11) is 3.25. The minimum atomic E-state index is -0.461. The van der Waals surface area contributed by atoms with Gasteiger partial charge in [-0.15, -0.1) is 0 Å². The molecule has 8 heteroatoms. The predicted molar refractivity (Wildman–Crippen MR) is 70.0 cm³/mol. The van der Waals surface area contributed by atoms with Crippen LogP contribution in [0.2, 0.25) is 0 Å². The van der Waals surface area contributed by atoms with Gasteiger partial charge in [-0.2, -0.15) is 0 Å². The standard InChI is InChI=1S/C10H10Cl2N4O2/c1-14-5-13-8-7(14)9(17)16(4-3-6(11)12)10(18)15(8)2/h3,5H,4H2,1-2H3. The third-order valence-electron chi connectivity index (χ3n) is 2.63. The molecule has 0 aliphatic heterocycles. The van der Waals surface area contributed by atoms with E-state index in [9.17, 15) is 9.59 Å². The number of aromatic nitrogens is 4. The minimum absolute atomic E-state index is 0.00839. The molecule has 0 spiro atoms. The molecule has 0 unspecified atom stereocenters. The number of allylic oxidation sites excluding steroid dienone is 1. The summed E-state index contributed by atoms with van der Waals surface area (Å²) in [6, 6.07) is 0. The van der Waals surface area contributed by atoms with Crippen LogP contribution in [0.15, 0.2) is 26.5 Å². The fourth-order valence-corrected chi connectivity index (χ4v) is 1.86. The zero-order valence-electron chi connectivity index (χ0n) is 9.72. The van der Waals surface area contributed by atoms with E-state index in [1.807, 2.05) is 0 Å². The number of aryl methyl sites for hydroxylation is 2. The van der Waals surface area contributed by atoms with Crippen LogP contribution in [-0.4, -0.2) is 18.7 Å². The van der Waals surface area contributed by atoms with E-state index in [0.29, 0.717) is 11.2 Å². The number of fused-ring (bicyclic) bond motifs is 1. The molecule has 0 aromatic carbocycles. The van der Waals surface area contributed by atoms with Gasteiger partial charge in [-0.25, -0.2) is 9.78 Å². The summed E-state index contributed by atoms with van der Waals surface area (Å²) >= 11 is 11.0. The van der Waals surface area contributed by atoms with Gasteiger partial charge >= 0.3 is 5.69 Å². The predicted octanol–water partition coefficient (Wildman–Crippen LogP) is 0.753. The first-order valence-electron chi connectivity index (χ1n) is 5.05. The Kier molecular flexibility index (Phi) is 3.32. The molecule has 0 bridgehead atoms. The van der Waals surface area contributed by atoms with E-state index in [1.165, 1.54) is 17.0 Å². The van der Waals surface area contributed by atoms with E-state index in [0.717, 1.165) is 4.57 Å². The van der Waals surface area contributed by atoms with Gasteiger partial charge in [-0.05, 0) is 6.08 Å². The van der Waals surface area contributed by atoms with Crippen molar-refractivity contribution in [1.82, 2.24) is 18.7 Å². The van der Waals surface area contributed by atoms with Gasteiger partial charge in [0, 0.05) is 14.1 Å². The Morgan fingerprint density at radius 3 is 2.67 bits per heavy atom. The summed E-state index contributed by atoms with van der Waals surface area (Å²) in [6.07, 6.45) is 2.87. The summed E-state index contributed by atoms with van der Waals surface area (Å²) in [5, 5.41) is 0. The maximum atomic E-state index is 12.2. The van der Waals surface area contributed by atoms with E-state index >= 15 is 0 Å². The molecule has 0 saturated carbocycles. The zero-order valence-corrected chi connectivity index (χ0v) is 11.2. The molecule has 0 aliphatic rings. The third-order valence-corrected chi connectivity index (χ3v) is 2.94. The number of hydrogen-bond donors (Lipinski definition) is 0. The van der Waals surface area contributed by atoms with Crippen LogP contribution >= 0.6 is 23.2 Å². The van der Waals surface area contributed by atoms with Gasteiger partial charge in [0.2, 0.25) is 0 Å². The van der Waals surface area contributed by atoms with E-state index in [2.05, 4.69) is 4.98 Å².